The minimum atomic E-state index is -0.235. The van der Waals surface area contributed by atoms with Crippen LogP contribution in [0.5, 0.6) is 0 Å². The standard InChI is InChI=1S/C16H17BrFN/c1-3-15(12-6-4-11(2)5-7-12)19-16-9-8-13(18)10-14(16)17/h4-10,15,19H,3H2,1-2H3. The number of halogens is 2. The van der Waals surface area contributed by atoms with Gasteiger partial charge in [-0.15, -0.1) is 0 Å². The zero-order valence-electron chi connectivity index (χ0n) is 11.1. The molecule has 2 aromatic rings. The van der Waals surface area contributed by atoms with Crippen molar-refractivity contribution in [2.24, 2.45) is 0 Å². The highest BCUT2D eigenvalue weighted by atomic mass is 79.9. The van der Waals surface area contributed by atoms with Crippen LogP contribution in [-0.4, -0.2) is 0 Å². The minimum absolute atomic E-state index is 0.224. The Morgan fingerprint density at radius 1 is 1.16 bits per heavy atom. The molecule has 0 aliphatic rings. The fourth-order valence-electron chi connectivity index (χ4n) is 2.01. The molecular weight excluding hydrogens is 305 g/mol. The van der Waals surface area contributed by atoms with Crippen LogP contribution in [0.15, 0.2) is 46.9 Å². The van der Waals surface area contributed by atoms with Crippen LogP contribution < -0.4 is 5.32 Å². The predicted octanol–water partition coefficient (Wildman–Crippen LogP) is 5.46. The van der Waals surface area contributed by atoms with E-state index < -0.39 is 0 Å². The van der Waals surface area contributed by atoms with Crippen molar-refractivity contribution in [1.82, 2.24) is 0 Å². The summed E-state index contributed by atoms with van der Waals surface area (Å²) in [5.74, 6) is -0.235. The van der Waals surface area contributed by atoms with E-state index in [4.69, 9.17) is 0 Å². The first kappa shape index (κ1) is 14.1. The summed E-state index contributed by atoms with van der Waals surface area (Å²) in [5.41, 5.74) is 3.40. The Kier molecular flexibility index (Phi) is 4.59. The van der Waals surface area contributed by atoms with Gasteiger partial charge in [0.2, 0.25) is 0 Å². The maximum Gasteiger partial charge on any atom is 0.124 e. The molecule has 0 saturated carbocycles. The molecule has 0 spiro atoms. The van der Waals surface area contributed by atoms with E-state index in [2.05, 4.69) is 59.4 Å². The van der Waals surface area contributed by atoms with Gasteiger partial charge in [0.1, 0.15) is 5.82 Å². The lowest BCUT2D eigenvalue weighted by Crippen LogP contribution is -2.10. The average molecular weight is 322 g/mol. The van der Waals surface area contributed by atoms with Crippen LogP contribution in [0.3, 0.4) is 0 Å². The molecule has 0 aliphatic carbocycles. The van der Waals surface area contributed by atoms with E-state index in [1.807, 2.05) is 0 Å². The highest BCUT2D eigenvalue weighted by Crippen LogP contribution is 2.28. The van der Waals surface area contributed by atoms with Crippen molar-refractivity contribution in [1.29, 1.82) is 0 Å². The second-order valence-electron chi connectivity index (χ2n) is 4.64. The fourth-order valence-corrected chi connectivity index (χ4v) is 2.48. The topological polar surface area (TPSA) is 12.0 Å². The molecule has 0 aliphatic heterocycles. The number of anilines is 1. The molecule has 2 aromatic carbocycles. The quantitative estimate of drug-likeness (QED) is 0.788. The SMILES string of the molecule is CCC(Nc1ccc(F)cc1Br)c1ccc(C)cc1. The van der Waals surface area contributed by atoms with Gasteiger partial charge < -0.3 is 5.32 Å². The van der Waals surface area contributed by atoms with E-state index in [1.54, 1.807) is 6.07 Å². The maximum atomic E-state index is 13.1. The number of aryl methyl sites for hydroxylation is 1. The summed E-state index contributed by atoms with van der Waals surface area (Å²) in [4.78, 5) is 0. The van der Waals surface area contributed by atoms with Crippen LogP contribution in [0.1, 0.15) is 30.5 Å². The van der Waals surface area contributed by atoms with E-state index in [-0.39, 0.29) is 11.9 Å². The molecule has 0 fully saturated rings. The smallest absolute Gasteiger partial charge is 0.124 e. The molecule has 1 atom stereocenters. The van der Waals surface area contributed by atoms with E-state index in [9.17, 15) is 4.39 Å². The molecule has 19 heavy (non-hydrogen) atoms. The lowest BCUT2D eigenvalue weighted by Gasteiger charge is -2.20. The van der Waals surface area contributed by atoms with Crippen molar-refractivity contribution in [3.8, 4) is 0 Å². The summed E-state index contributed by atoms with van der Waals surface area (Å²) < 4.78 is 13.8. The molecule has 100 valence electrons. The van der Waals surface area contributed by atoms with Crippen LogP contribution in [0.4, 0.5) is 10.1 Å². The Bertz CT molecular complexity index is 551. The molecule has 1 nitrogen and oxygen atoms in total. The molecule has 0 saturated heterocycles. The zero-order chi connectivity index (χ0) is 13.8. The highest BCUT2D eigenvalue weighted by molar-refractivity contribution is 9.10. The summed E-state index contributed by atoms with van der Waals surface area (Å²) in [5, 5.41) is 3.45. The van der Waals surface area contributed by atoms with Gasteiger partial charge in [-0.25, -0.2) is 4.39 Å². The number of benzene rings is 2. The molecular formula is C16H17BrFN. The average Bonchev–Trinajstić information content (AvgIpc) is 2.39. The van der Waals surface area contributed by atoms with E-state index in [1.165, 1.54) is 23.3 Å². The van der Waals surface area contributed by atoms with Crippen LogP contribution in [-0.2, 0) is 0 Å². The third-order valence-electron chi connectivity index (χ3n) is 3.15. The molecule has 0 bridgehead atoms. The largest absolute Gasteiger partial charge is 0.377 e. The third kappa shape index (κ3) is 3.57. The molecule has 0 amide bonds. The van der Waals surface area contributed by atoms with Crippen LogP contribution in [0.2, 0.25) is 0 Å². The van der Waals surface area contributed by atoms with Crippen molar-refractivity contribution in [2.45, 2.75) is 26.3 Å². The zero-order valence-corrected chi connectivity index (χ0v) is 12.7. The Labute approximate surface area is 122 Å². The highest BCUT2D eigenvalue weighted by Gasteiger charge is 2.11. The second-order valence-corrected chi connectivity index (χ2v) is 5.49. The first-order valence-electron chi connectivity index (χ1n) is 6.38. The van der Waals surface area contributed by atoms with Gasteiger partial charge in [-0.1, -0.05) is 36.8 Å². The van der Waals surface area contributed by atoms with Gasteiger partial charge >= 0.3 is 0 Å². The molecule has 0 heterocycles. The van der Waals surface area contributed by atoms with Gasteiger partial charge in [-0.05, 0) is 53.0 Å². The van der Waals surface area contributed by atoms with Gasteiger partial charge in [0.25, 0.3) is 0 Å². The fraction of sp³-hybridized carbons (Fsp3) is 0.250. The molecule has 1 N–H and O–H groups in total. The summed E-state index contributed by atoms with van der Waals surface area (Å²) in [6, 6.07) is 13.4. The van der Waals surface area contributed by atoms with Gasteiger partial charge in [-0.3, -0.25) is 0 Å². The Morgan fingerprint density at radius 3 is 2.42 bits per heavy atom. The van der Waals surface area contributed by atoms with Crippen molar-refractivity contribution >= 4 is 21.6 Å². The van der Waals surface area contributed by atoms with E-state index in [0.29, 0.717) is 0 Å². The predicted molar refractivity (Wildman–Crippen MR) is 81.9 cm³/mol. The molecule has 0 aromatic heterocycles. The number of hydrogen-bond donors (Lipinski definition) is 1. The first-order valence-corrected chi connectivity index (χ1v) is 7.17. The molecule has 0 radical (unpaired) electrons. The first-order chi connectivity index (χ1) is 9.10. The Balaban J connectivity index is 2.21. The Hall–Kier alpha value is -1.35. The summed E-state index contributed by atoms with van der Waals surface area (Å²) in [6.07, 6.45) is 0.965. The van der Waals surface area contributed by atoms with Gasteiger partial charge in [0.15, 0.2) is 0 Å². The van der Waals surface area contributed by atoms with Gasteiger partial charge in [-0.2, -0.15) is 0 Å². The molecule has 3 heteroatoms. The summed E-state index contributed by atoms with van der Waals surface area (Å²) >= 11 is 3.39. The Morgan fingerprint density at radius 2 is 1.84 bits per heavy atom. The normalized spacial score (nSPS) is 12.2. The third-order valence-corrected chi connectivity index (χ3v) is 3.80. The van der Waals surface area contributed by atoms with Gasteiger partial charge in [0.05, 0.1) is 6.04 Å². The monoisotopic (exact) mass is 321 g/mol. The number of rotatable bonds is 4. The lowest BCUT2D eigenvalue weighted by molar-refractivity contribution is 0.627. The molecule has 2 rings (SSSR count). The van der Waals surface area contributed by atoms with Crippen LogP contribution in [0, 0.1) is 12.7 Å². The van der Waals surface area contributed by atoms with Crippen molar-refractivity contribution < 1.29 is 4.39 Å². The van der Waals surface area contributed by atoms with Crippen molar-refractivity contribution in [2.75, 3.05) is 5.32 Å². The summed E-state index contributed by atoms with van der Waals surface area (Å²) in [7, 11) is 0. The van der Waals surface area contributed by atoms with Crippen molar-refractivity contribution in [3.63, 3.8) is 0 Å². The van der Waals surface area contributed by atoms with E-state index >= 15 is 0 Å². The molecule has 1 unspecified atom stereocenters. The number of hydrogen-bond acceptors (Lipinski definition) is 1. The summed E-state index contributed by atoms with van der Waals surface area (Å²) in [6.45, 7) is 4.21. The van der Waals surface area contributed by atoms with E-state index in [0.717, 1.165) is 16.6 Å². The van der Waals surface area contributed by atoms with Gasteiger partial charge in [0, 0.05) is 10.2 Å². The minimum Gasteiger partial charge on any atom is -0.377 e. The van der Waals surface area contributed by atoms with Crippen LogP contribution >= 0.6 is 15.9 Å². The van der Waals surface area contributed by atoms with Crippen LogP contribution in [0.25, 0.3) is 0 Å². The lowest BCUT2D eigenvalue weighted by atomic mass is 10.0. The van der Waals surface area contributed by atoms with Crippen molar-refractivity contribution in [3.05, 3.63) is 63.9 Å². The maximum absolute atomic E-state index is 13.1. The number of nitrogens with one attached hydrogen (secondary N) is 1. The second kappa shape index (κ2) is 6.20.